The zero-order chi connectivity index (χ0) is 20.8. The van der Waals surface area contributed by atoms with Crippen molar-refractivity contribution in [2.75, 3.05) is 33.4 Å². The molecule has 3 rings (SSSR count). The zero-order valence-corrected chi connectivity index (χ0v) is 16.6. The Hall–Kier alpha value is -3.13. The SMILES string of the molecule is COc1ccccc1CCNC(=O)[C@H]1CN(C(=O)c2ccc(=O)n(C)c2)CCO1. The van der Waals surface area contributed by atoms with Gasteiger partial charge in [0.05, 0.1) is 25.8 Å². The first-order valence-corrected chi connectivity index (χ1v) is 9.46. The second kappa shape index (κ2) is 9.38. The van der Waals surface area contributed by atoms with E-state index in [-0.39, 0.29) is 30.5 Å². The molecule has 1 atom stereocenters. The number of para-hydroxylation sites is 1. The van der Waals surface area contributed by atoms with E-state index in [1.54, 1.807) is 19.1 Å². The minimum Gasteiger partial charge on any atom is -0.496 e. The van der Waals surface area contributed by atoms with E-state index < -0.39 is 6.10 Å². The van der Waals surface area contributed by atoms with E-state index in [9.17, 15) is 14.4 Å². The lowest BCUT2D eigenvalue weighted by Crippen LogP contribution is -2.51. The van der Waals surface area contributed by atoms with Crippen LogP contribution in [0, 0.1) is 0 Å². The lowest BCUT2D eigenvalue weighted by Gasteiger charge is -2.32. The third-order valence-corrected chi connectivity index (χ3v) is 4.86. The summed E-state index contributed by atoms with van der Waals surface area (Å²) >= 11 is 0. The molecule has 0 spiro atoms. The number of hydrogen-bond donors (Lipinski definition) is 1. The standard InChI is InChI=1S/C21H25N3O5/c1-23-13-16(7-8-19(23)25)21(27)24-11-12-29-18(14-24)20(26)22-10-9-15-5-3-4-6-17(15)28-2/h3-8,13,18H,9-12,14H2,1-2H3,(H,22,26)/t18-/m1/s1. The third kappa shape index (κ3) is 5.03. The summed E-state index contributed by atoms with van der Waals surface area (Å²) in [6.45, 7) is 1.28. The Morgan fingerprint density at radius 1 is 1.24 bits per heavy atom. The molecule has 2 amide bonds. The molecule has 1 aromatic heterocycles. The number of amides is 2. The van der Waals surface area contributed by atoms with Gasteiger partial charge in [-0.15, -0.1) is 0 Å². The highest BCUT2D eigenvalue weighted by atomic mass is 16.5. The van der Waals surface area contributed by atoms with E-state index in [4.69, 9.17) is 9.47 Å². The van der Waals surface area contributed by atoms with Gasteiger partial charge in [0.15, 0.2) is 6.10 Å². The van der Waals surface area contributed by atoms with Gasteiger partial charge in [-0.3, -0.25) is 14.4 Å². The van der Waals surface area contributed by atoms with Crippen LogP contribution in [0.4, 0.5) is 0 Å². The van der Waals surface area contributed by atoms with Crippen molar-refractivity contribution in [1.29, 1.82) is 0 Å². The second-order valence-corrected chi connectivity index (χ2v) is 6.83. The summed E-state index contributed by atoms with van der Waals surface area (Å²) < 4.78 is 12.2. The average molecular weight is 399 g/mol. The summed E-state index contributed by atoms with van der Waals surface area (Å²) in [6, 6.07) is 10.5. The van der Waals surface area contributed by atoms with Gasteiger partial charge >= 0.3 is 0 Å². The monoisotopic (exact) mass is 399 g/mol. The first-order chi connectivity index (χ1) is 14.0. The fraction of sp³-hybridized carbons (Fsp3) is 0.381. The van der Waals surface area contributed by atoms with Gasteiger partial charge in [0.2, 0.25) is 5.56 Å². The third-order valence-electron chi connectivity index (χ3n) is 4.86. The number of methoxy groups -OCH3 is 1. The van der Waals surface area contributed by atoms with Crippen LogP contribution in [-0.2, 0) is 23.0 Å². The predicted molar refractivity (Wildman–Crippen MR) is 107 cm³/mol. The van der Waals surface area contributed by atoms with E-state index >= 15 is 0 Å². The molecule has 1 aliphatic heterocycles. The van der Waals surface area contributed by atoms with Crippen LogP contribution in [0.25, 0.3) is 0 Å². The number of nitrogens with one attached hydrogen (secondary N) is 1. The molecule has 1 N–H and O–H groups in total. The van der Waals surface area contributed by atoms with Gasteiger partial charge in [-0.05, 0) is 24.1 Å². The largest absolute Gasteiger partial charge is 0.496 e. The molecule has 0 saturated carbocycles. The Kier molecular flexibility index (Phi) is 6.66. The van der Waals surface area contributed by atoms with Gasteiger partial charge in [0.1, 0.15) is 5.75 Å². The van der Waals surface area contributed by atoms with Crippen LogP contribution in [0.2, 0.25) is 0 Å². The molecule has 0 aliphatic carbocycles. The van der Waals surface area contributed by atoms with Crippen LogP contribution in [0.15, 0.2) is 47.4 Å². The molecule has 8 heteroatoms. The van der Waals surface area contributed by atoms with Gasteiger partial charge in [-0.1, -0.05) is 18.2 Å². The smallest absolute Gasteiger partial charge is 0.255 e. The van der Waals surface area contributed by atoms with Gasteiger partial charge < -0.3 is 24.3 Å². The Labute approximate surface area is 169 Å². The normalized spacial score (nSPS) is 16.3. The zero-order valence-electron chi connectivity index (χ0n) is 16.6. The lowest BCUT2D eigenvalue weighted by atomic mass is 10.1. The number of ether oxygens (including phenoxy) is 2. The number of carbonyl (C=O) groups excluding carboxylic acids is 2. The number of benzene rings is 1. The molecule has 8 nitrogen and oxygen atoms in total. The van der Waals surface area contributed by atoms with E-state index in [1.807, 2.05) is 24.3 Å². The van der Waals surface area contributed by atoms with Crippen molar-refractivity contribution in [1.82, 2.24) is 14.8 Å². The number of morpholine rings is 1. The van der Waals surface area contributed by atoms with Crippen LogP contribution >= 0.6 is 0 Å². The van der Waals surface area contributed by atoms with Crippen molar-refractivity contribution in [3.8, 4) is 5.75 Å². The van der Waals surface area contributed by atoms with E-state index in [2.05, 4.69) is 5.32 Å². The molecule has 29 heavy (non-hydrogen) atoms. The molecule has 2 aromatic rings. The molecule has 0 unspecified atom stereocenters. The maximum atomic E-state index is 12.7. The van der Waals surface area contributed by atoms with Gasteiger partial charge in [-0.25, -0.2) is 0 Å². The van der Waals surface area contributed by atoms with Crippen LogP contribution in [-0.4, -0.2) is 60.7 Å². The van der Waals surface area contributed by atoms with Crippen LogP contribution in [0.3, 0.4) is 0 Å². The summed E-state index contributed by atoms with van der Waals surface area (Å²) in [6.07, 6.45) is 1.41. The molecule has 1 fully saturated rings. The quantitative estimate of drug-likeness (QED) is 0.768. The number of hydrogen-bond acceptors (Lipinski definition) is 5. The van der Waals surface area contributed by atoms with Gasteiger partial charge in [0, 0.05) is 32.4 Å². The Balaban J connectivity index is 1.55. The van der Waals surface area contributed by atoms with Crippen LogP contribution in [0.5, 0.6) is 5.75 Å². The Morgan fingerprint density at radius 2 is 2.03 bits per heavy atom. The minimum atomic E-state index is -0.724. The first-order valence-electron chi connectivity index (χ1n) is 9.46. The number of carbonyl (C=O) groups is 2. The van der Waals surface area contributed by atoms with E-state index in [1.165, 1.54) is 22.9 Å². The highest BCUT2D eigenvalue weighted by Gasteiger charge is 2.29. The average Bonchev–Trinajstić information content (AvgIpc) is 2.75. The number of nitrogens with zero attached hydrogens (tertiary/aromatic N) is 2. The molecule has 2 heterocycles. The summed E-state index contributed by atoms with van der Waals surface area (Å²) in [7, 11) is 3.21. The van der Waals surface area contributed by atoms with Crippen molar-refractivity contribution in [3.63, 3.8) is 0 Å². The molecule has 154 valence electrons. The molecule has 0 radical (unpaired) electrons. The van der Waals surface area contributed by atoms with Crippen LogP contribution in [0.1, 0.15) is 15.9 Å². The van der Waals surface area contributed by atoms with Gasteiger partial charge in [0.25, 0.3) is 11.8 Å². The van der Waals surface area contributed by atoms with Crippen molar-refractivity contribution in [3.05, 3.63) is 64.1 Å². The highest BCUT2D eigenvalue weighted by molar-refractivity contribution is 5.94. The maximum Gasteiger partial charge on any atom is 0.255 e. The van der Waals surface area contributed by atoms with Crippen LogP contribution < -0.4 is 15.6 Å². The molecule has 1 aliphatic rings. The predicted octanol–water partition coefficient (Wildman–Crippen LogP) is 0.594. The molecule has 0 bridgehead atoms. The first kappa shape index (κ1) is 20.6. The molecular formula is C21H25N3O5. The van der Waals surface area contributed by atoms with Crippen molar-refractivity contribution in [2.24, 2.45) is 7.05 Å². The Morgan fingerprint density at radius 3 is 2.79 bits per heavy atom. The van der Waals surface area contributed by atoms with Gasteiger partial charge in [-0.2, -0.15) is 0 Å². The van der Waals surface area contributed by atoms with Crippen molar-refractivity contribution < 1.29 is 19.1 Å². The number of pyridine rings is 1. The summed E-state index contributed by atoms with van der Waals surface area (Å²) in [4.78, 5) is 38.3. The summed E-state index contributed by atoms with van der Waals surface area (Å²) in [5.41, 5.74) is 1.23. The van der Waals surface area contributed by atoms with Crippen molar-refractivity contribution in [2.45, 2.75) is 12.5 Å². The second-order valence-electron chi connectivity index (χ2n) is 6.83. The summed E-state index contributed by atoms with van der Waals surface area (Å²) in [5, 5.41) is 2.87. The fourth-order valence-corrected chi connectivity index (χ4v) is 3.24. The molecule has 1 saturated heterocycles. The molecule has 1 aromatic carbocycles. The van der Waals surface area contributed by atoms with E-state index in [0.717, 1.165) is 11.3 Å². The maximum absolute atomic E-state index is 12.7. The summed E-state index contributed by atoms with van der Waals surface area (Å²) in [5.74, 6) is 0.304. The lowest BCUT2D eigenvalue weighted by molar-refractivity contribution is -0.137. The van der Waals surface area contributed by atoms with Crippen molar-refractivity contribution >= 4 is 11.8 Å². The highest BCUT2D eigenvalue weighted by Crippen LogP contribution is 2.17. The number of rotatable bonds is 6. The molecular weight excluding hydrogens is 374 g/mol. The van der Waals surface area contributed by atoms with E-state index in [0.29, 0.717) is 25.1 Å². The number of aryl methyl sites for hydroxylation is 1. The minimum absolute atomic E-state index is 0.169. The topological polar surface area (TPSA) is 89.9 Å². The Bertz CT molecular complexity index is 940. The fourth-order valence-electron chi connectivity index (χ4n) is 3.24. The number of aromatic nitrogens is 1.